The van der Waals surface area contributed by atoms with E-state index in [1.54, 1.807) is 0 Å². The van der Waals surface area contributed by atoms with Crippen molar-refractivity contribution in [1.82, 2.24) is 4.90 Å². The third kappa shape index (κ3) is 5.17. The minimum absolute atomic E-state index is 0. The number of nitrogens with zero attached hydrogens (tertiary/aromatic N) is 1. The zero-order chi connectivity index (χ0) is 11.3. The van der Waals surface area contributed by atoms with Gasteiger partial charge in [-0.25, -0.2) is 0 Å². The SMILES string of the molecule is CCCC(C)CC(=O)N1CCCC(N)C1.Cl. The molecule has 0 aromatic rings. The molecule has 1 amide bonds. The summed E-state index contributed by atoms with van der Waals surface area (Å²) in [5.41, 5.74) is 5.86. The molecule has 1 fully saturated rings. The Bertz CT molecular complexity index is 211. The maximum atomic E-state index is 11.9. The second kappa shape index (κ2) is 7.91. The maximum absolute atomic E-state index is 11.9. The van der Waals surface area contributed by atoms with Gasteiger partial charge in [0.1, 0.15) is 0 Å². The third-order valence-corrected chi connectivity index (χ3v) is 3.12. The van der Waals surface area contributed by atoms with Crippen molar-refractivity contribution in [1.29, 1.82) is 0 Å². The van der Waals surface area contributed by atoms with Crippen molar-refractivity contribution in [3.63, 3.8) is 0 Å². The highest BCUT2D eigenvalue weighted by Gasteiger charge is 2.21. The van der Waals surface area contributed by atoms with Gasteiger partial charge in [-0.3, -0.25) is 4.79 Å². The van der Waals surface area contributed by atoms with Gasteiger partial charge in [0.25, 0.3) is 0 Å². The number of hydrogen-bond donors (Lipinski definition) is 1. The van der Waals surface area contributed by atoms with Crippen LogP contribution in [0, 0.1) is 5.92 Å². The van der Waals surface area contributed by atoms with E-state index in [0.29, 0.717) is 18.2 Å². The molecule has 1 aliphatic heterocycles. The first-order valence-electron chi connectivity index (χ1n) is 6.16. The van der Waals surface area contributed by atoms with Gasteiger partial charge in [0.2, 0.25) is 5.91 Å². The van der Waals surface area contributed by atoms with Gasteiger partial charge in [-0.2, -0.15) is 0 Å². The van der Waals surface area contributed by atoms with Gasteiger partial charge in [0.15, 0.2) is 0 Å². The quantitative estimate of drug-likeness (QED) is 0.829. The van der Waals surface area contributed by atoms with E-state index in [2.05, 4.69) is 13.8 Å². The second-order valence-corrected chi connectivity index (χ2v) is 4.84. The van der Waals surface area contributed by atoms with Crippen LogP contribution in [0.4, 0.5) is 0 Å². The van der Waals surface area contributed by atoms with E-state index in [9.17, 15) is 4.79 Å². The van der Waals surface area contributed by atoms with Crippen molar-refractivity contribution in [2.24, 2.45) is 11.7 Å². The summed E-state index contributed by atoms with van der Waals surface area (Å²) in [6, 6.07) is 0.198. The van der Waals surface area contributed by atoms with Crippen LogP contribution in [0.3, 0.4) is 0 Å². The normalized spacial score (nSPS) is 22.4. The topological polar surface area (TPSA) is 46.3 Å². The van der Waals surface area contributed by atoms with Crippen molar-refractivity contribution in [2.45, 2.75) is 52.0 Å². The summed E-state index contributed by atoms with van der Waals surface area (Å²) < 4.78 is 0. The number of carbonyl (C=O) groups excluding carboxylic acids is 1. The number of piperidine rings is 1. The molecule has 0 aliphatic carbocycles. The Balaban J connectivity index is 0.00000225. The average molecular weight is 249 g/mol. The van der Waals surface area contributed by atoms with Crippen molar-refractivity contribution in [3.8, 4) is 0 Å². The Hall–Kier alpha value is -0.280. The first kappa shape index (κ1) is 15.7. The molecule has 0 radical (unpaired) electrons. The van der Waals surface area contributed by atoms with Gasteiger partial charge >= 0.3 is 0 Å². The van der Waals surface area contributed by atoms with Gasteiger partial charge in [-0.15, -0.1) is 12.4 Å². The van der Waals surface area contributed by atoms with Crippen molar-refractivity contribution >= 4 is 18.3 Å². The molecule has 16 heavy (non-hydrogen) atoms. The molecule has 2 atom stereocenters. The number of halogens is 1. The van der Waals surface area contributed by atoms with E-state index in [-0.39, 0.29) is 18.4 Å². The fourth-order valence-corrected chi connectivity index (χ4v) is 2.26. The molecule has 1 rings (SSSR count). The van der Waals surface area contributed by atoms with Crippen LogP contribution in [-0.4, -0.2) is 29.9 Å². The number of carbonyl (C=O) groups is 1. The minimum atomic E-state index is 0. The lowest BCUT2D eigenvalue weighted by Gasteiger charge is -2.31. The molecule has 0 aromatic carbocycles. The minimum Gasteiger partial charge on any atom is -0.341 e. The Morgan fingerprint density at radius 2 is 2.25 bits per heavy atom. The van der Waals surface area contributed by atoms with Crippen molar-refractivity contribution < 1.29 is 4.79 Å². The first-order chi connectivity index (χ1) is 7.13. The van der Waals surface area contributed by atoms with Crippen molar-refractivity contribution in [2.75, 3.05) is 13.1 Å². The van der Waals surface area contributed by atoms with E-state index in [1.807, 2.05) is 4.90 Å². The molecule has 3 nitrogen and oxygen atoms in total. The predicted octanol–water partition coefficient (Wildman–Crippen LogP) is 2.18. The fraction of sp³-hybridized carbons (Fsp3) is 0.917. The van der Waals surface area contributed by atoms with Gasteiger partial charge in [-0.1, -0.05) is 26.7 Å². The fourth-order valence-electron chi connectivity index (χ4n) is 2.26. The molecule has 1 saturated heterocycles. The molecule has 1 heterocycles. The number of nitrogens with two attached hydrogens (primary N) is 1. The zero-order valence-corrected chi connectivity index (χ0v) is 11.3. The van der Waals surface area contributed by atoms with Crippen LogP contribution in [0.25, 0.3) is 0 Å². The average Bonchev–Trinajstić information content (AvgIpc) is 2.18. The summed E-state index contributed by atoms with van der Waals surface area (Å²) >= 11 is 0. The summed E-state index contributed by atoms with van der Waals surface area (Å²) in [4.78, 5) is 13.8. The van der Waals surface area contributed by atoms with E-state index < -0.39 is 0 Å². The monoisotopic (exact) mass is 248 g/mol. The Kier molecular flexibility index (Phi) is 7.77. The third-order valence-electron chi connectivity index (χ3n) is 3.12. The van der Waals surface area contributed by atoms with Crippen LogP contribution < -0.4 is 5.73 Å². The van der Waals surface area contributed by atoms with Gasteiger partial charge in [0, 0.05) is 25.6 Å². The highest BCUT2D eigenvalue weighted by molar-refractivity contribution is 5.85. The molecule has 2 N–H and O–H groups in total. The van der Waals surface area contributed by atoms with Crippen LogP contribution in [-0.2, 0) is 4.79 Å². The highest BCUT2D eigenvalue weighted by atomic mass is 35.5. The molecule has 4 heteroatoms. The lowest BCUT2D eigenvalue weighted by atomic mass is 10.00. The Labute approximate surface area is 105 Å². The number of likely N-dealkylation sites (tertiary alicyclic amines) is 1. The Morgan fingerprint density at radius 1 is 1.56 bits per heavy atom. The van der Waals surface area contributed by atoms with E-state index >= 15 is 0 Å². The highest BCUT2D eigenvalue weighted by Crippen LogP contribution is 2.15. The second-order valence-electron chi connectivity index (χ2n) is 4.84. The summed E-state index contributed by atoms with van der Waals surface area (Å²) in [6.45, 7) is 5.99. The molecule has 0 aromatic heterocycles. The molecular weight excluding hydrogens is 224 g/mol. The number of amides is 1. The number of rotatable bonds is 4. The van der Waals surface area contributed by atoms with Crippen LogP contribution in [0.2, 0.25) is 0 Å². The molecule has 0 spiro atoms. The van der Waals surface area contributed by atoms with E-state index in [4.69, 9.17) is 5.73 Å². The molecule has 96 valence electrons. The summed E-state index contributed by atoms with van der Waals surface area (Å²) in [7, 11) is 0. The van der Waals surface area contributed by atoms with Gasteiger partial charge < -0.3 is 10.6 Å². The van der Waals surface area contributed by atoms with E-state index in [0.717, 1.165) is 38.8 Å². The first-order valence-corrected chi connectivity index (χ1v) is 6.16. The molecule has 0 bridgehead atoms. The summed E-state index contributed by atoms with van der Waals surface area (Å²) in [5, 5.41) is 0. The summed E-state index contributed by atoms with van der Waals surface area (Å²) in [5.74, 6) is 0.812. The lowest BCUT2D eigenvalue weighted by Crippen LogP contribution is -2.46. The van der Waals surface area contributed by atoms with Crippen LogP contribution in [0.5, 0.6) is 0 Å². The molecule has 2 unspecified atom stereocenters. The molecule has 0 saturated carbocycles. The standard InChI is InChI=1S/C12H24N2O.ClH/c1-3-5-10(2)8-12(15)14-7-4-6-11(13)9-14;/h10-11H,3-9,13H2,1-2H3;1H. The summed E-state index contributed by atoms with van der Waals surface area (Å²) in [6.07, 6.45) is 5.13. The van der Waals surface area contributed by atoms with Crippen LogP contribution in [0.15, 0.2) is 0 Å². The van der Waals surface area contributed by atoms with Gasteiger partial charge in [0.05, 0.1) is 0 Å². The van der Waals surface area contributed by atoms with Crippen LogP contribution in [0.1, 0.15) is 46.0 Å². The van der Waals surface area contributed by atoms with E-state index in [1.165, 1.54) is 0 Å². The number of hydrogen-bond acceptors (Lipinski definition) is 2. The Morgan fingerprint density at radius 3 is 2.81 bits per heavy atom. The molecule has 1 aliphatic rings. The van der Waals surface area contributed by atoms with Crippen LogP contribution >= 0.6 is 12.4 Å². The molecular formula is C12H25ClN2O. The van der Waals surface area contributed by atoms with Crippen molar-refractivity contribution in [3.05, 3.63) is 0 Å². The predicted molar refractivity (Wildman–Crippen MR) is 69.7 cm³/mol. The lowest BCUT2D eigenvalue weighted by molar-refractivity contribution is -0.133. The zero-order valence-electron chi connectivity index (χ0n) is 10.4. The smallest absolute Gasteiger partial charge is 0.222 e. The maximum Gasteiger partial charge on any atom is 0.222 e. The van der Waals surface area contributed by atoms with Gasteiger partial charge in [-0.05, 0) is 18.8 Å². The largest absolute Gasteiger partial charge is 0.341 e.